The molecule has 0 amide bonds. The zero-order chi connectivity index (χ0) is 6.24. The van der Waals surface area contributed by atoms with Crippen LogP contribution >= 0.6 is 0 Å². The molecule has 0 heterocycles. The van der Waals surface area contributed by atoms with Crippen LogP contribution in [0.15, 0.2) is 0 Å². The first-order chi connectivity index (χ1) is 3.91. The van der Waals surface area contributed by atoms with Crippen LogP contribution in [-0.2, 0) is 9.84 Å². The molecule has 49 valence electrons. The molecule has 0 atom stereocenters. The summed E-state index contributed by atoms with van der Waals surface area (Å²) in [7, 11) is 0. The normalized spacial score (nSPS) is 9.75. The van der Waals surface area contributed by atoms with E-state index in [1.807, 2.05) is 0 Å². The summed E-state index contributed by atoms with van der Waals surface area (Å²) in [5.41, 5.74) is 0. The maximum atomic E-state index is 9.61. The highest BCUT2D eigenvalue weighted by atomic mass is 16.6. The van der Waals surface area contributed by atoms with Gasteiger partial charge in [0, 0.05) is 13.2 Å². The average molecular weight is 119 g/mol. The first-order valence-electron chi connectivity index (χ1n) is 2.68. The fraction of sp³-hybridized carbons (Fsp3) is 1.00. The molecule has 0 spiro atoms. The Bertz CT molecular complexity index is 32.7. The van der Waals surface area contributed by atoms with Gasteiger partial charge in [0.25, 0.3) is 0 Å². The molecule has 0 saturated heterocycles. The second kappa shape index (κ2) is 6.88. The molecule has 0 aliphatic heterocycles. The van der Waals surface area contributed by atoms with Crippen molar-refractivity contribution < 1.29 is 14.9 Å². The van der Waals surface area contributed by atoms with Gasteiger partial charge in [-0.1, -0.05) is 0 Å². The quantitative estimate of drug-likeness (QED) is 0.414. The van der Waals surface area contributed by atoms with Crippen LogP contribution in [0, 0.1) is 0 Å². The van der Waals surface area contributed by atoms with Gasteiger partial charge in [-0.3, -0.25) is 0 Å². The Morgan fingerprint density at radius 1 is 1.38 bits per heavy atom. The monoisotopic (exact) mass is 119 g/mol. The third kappa shape index (κ3) is 5.88. The maximum Gasteiger partial charge on any atom is 0.180 e. The number of aliphatic hydroxyl groups is 1. The molecule has 1 radical (unpaired) electrons. The lowest BCUT2D eigenvalue weighted by atomic mass is 10.3. The van der Waals surface area contributed by atoms with E-state index in [0.29, 0.717) is 6.61 Å². The van der Waals surface area contributed by atoms with Gasteiger partial charge < -0.3 is 9.84 Å². The lowest BCUT2D eigenvalue weighted by Gasteiger charge is -1.94. The van der Waals surface area contributed by atoms with Crippen molar-refractivity contribution in [3.63, 3.8) is 0 Å². The Labute approximate surface area is 48.9 Å². The van der Waals surface area contributed by atoms with Gasteiger partial charge in [0.2, 0.25) is 0 Å². The first kappa shape index (κ1) is 7.88. The highest BCUT2D eigenvalue weighted by molar-refractivity contribution is 4.33. The molecule has 0 saturated carbocycles. The number of ether oxygens (including phenoxy) is 1. The Morgan fingerprint density at radius 2 is 2.12 bits per heavy atom. The van der Waals surface area contributed by atoms with Crippen molar-refractivity contribution in [2.24, 2.45) is 0 Å². The second-order valence-electron chi connectivity index (χ2n) is 1.46. The molecule has 0 rings (SSSR count). The van der Waals surface area contributed by atoms with Gasteiger partial charge in [-0.25, -0.2) is 5.11 Å². The van der Waals surface area contributed by atoms with Crippen LogP contribution in [0.2, 0.25) is 0 Å². The van der Waals surface area contributed by atoms with Gasteiger partial charge in [0.1, 0.15) is 0 Å². The SMILES string of the molecule is [O]COCCCCO. The number of hydrogen-bond acceptors (Lipinski definition) is 2. The number of rotatable bonds is 5. The molecule has 1 N–H and O–H groups in total. The topological polar surface area (TPSA) is 49.4 Å². The van der Waals surface area contributed by atoms with E-state index in [1.54, 1.807) is 0 Å². The molecule has 8 heavy (non-hydrogen) atoms. The van der Waals surface area contributed by atoms with Crippen molar-refractivity contribution in [2.45, 2.75) is 12.8 Å². The predicted octanol–water partition coefficient (Wildman–Crippen LogP) is 0.164. The Hall–Kier alpha value is -0.120. The molecule has 0 aromatic rings. The van der Waals surface area contributed by atoms with Crippen molar-refractivity contribution in [1.82, 2.24) is 0 Å². The molecule has 0 fully saturated rings. The minimum Gasteiger partial charge on any atom is -0.396 e. The number of hydrogen-bond donors (Lipinski definition) is 1. The predicted molar refractivity (Wildman–Crippen MR) is 27.8 cm³/mol. The molecule has 3 nitrogen and oxygen atoms in total. The molecule has 3 heteroatoms. The van der Waals surface area contributed by atoms with E-state index in [2.05, 4.69) is 4.74 Å². The molecule has 0 aliphatic rings. The fourth-order valence-corrected chi connectivity index (χ4v) is 0.375. The molecule has 0 aromatic carbocycles. The molecular weight excluding hydrogens is 108 g/mol. The summed E-state index contributed by atoms with van der Waals surface area (Å²) in [5.74, 6) is 0. The first-order valence-corrected chi connectivity index (χ1v) is 2.68. The lowest BCUT2D eigenvalue weighted by Crippen LogP contribution is -1.95. The third-order valence-electron chi connectivity index (χ3n) is 0.780. The third-order valence-corrected chi connectivity index (χ3v) is 0.780. The Kier molecular flexibility index (Phi) is 6.78. The van der Waals surface area contributed by atoms with E-state index in [9.17, 15) is 5.11 Å². The van der Waals surface area contributed by atoms with E-state index in [1.165, 1.54) is 0 Å². The van der Waals surface area contributed by atoms with Crippen LogP contribution in [0.5, 0.6) is 0 Å². The zero-order valence-electron chi connectivity index (χ0n) is 4.80. The molecule has 0 unspecified atom stereocenters. The van der Waals surface area contributed by atoms with Gasteiger partial charge in [-0.2, -0.15) is 0 Å². The summed E-state index contributed by atoms with van der Waals surface area (Å²) in [6.07, 6.45) is 1.50. The van der Waals surface area contributed by atoms with Gasteiger partial charge in [0.15, 0.2) is 6.79 Å². The van der Waals surface area contributed by atoms with Crippen LogP contribution in [0.4, 0.5) is 0 Å². The van der Waals surface area contributed by atoms with Gasteiger partial charge in [-0.15, -0.1) is 0 Å². The summed E-state index contributed by atoms with van der Waals surface area (Å²) >= 11 is 0. The zero-order valence-corrected chi connectivity index (χ0v) is 4.80. The van der Waals surface area contributed by atoms with E-state index in [4.69, 9.17) is 5.11 Å². The fourth-order valence-electron chi connectivity index (χ4n) is 0.375. The Morgan fingerprint density at radius 3 is 2.62 bits per heavy atom. The van der Waals surface area contributed by atoms with E-state index in [0.717, 1.165) is 12.8 Å². The standard InChI is InChI=1S/C5H11O3/c6-3-1-2-4-8-5-7/h6H,1-5H2. The summed E-state index contributed by atoms with van der Waals surface area (Å²) < 4.78 is 4.47. The van der Waals surface area contributed by atoms with Gasteiger partial charge >= 0.3 is 0 Å². The molecule has 0 aliphatic carbocycles. The number of aliphatic hydroxyl groups excluding tert-OH is 1. The van der Waals surface area contributed by atoms with Crippen LogP contribution in [0.25, 0.3) is 0 Å². The minimum absolute atomic E-state index is 0.183. The average Bonchev–Trinajstić information content (AvgIpc) is 1.81. The van der Waals surface area contributed by atoms with Gasteiger partial charge in [0.05, 0.1) is 0 Å². The molecular formula is C5H11O3. The summed E-state index contributed by atoms with van der Waals surface area (Å²) in [6, 6.07) is 0. The lowest BCUT2D eigenvalue weighted by molar-refractivity contribution is -0.0452. The minimum atomic E-state index is -0.467. The van der Waals surface area contributed by atoms with E-state index in [-0.39, 0.29) is 6.61 Å². The Balaban J connectivity index is 2.53. The summed E-state index contributed by atoms with van der Waals surface area (Å²) in [5, 5.41) is 17.8. The summed E-state index contributed by atoms with van der Waals surface area (Å²) in [6.45, 7) is 0.192. The van der Waals surface area contributed by atoms with Crippen LogP contribution < -0.4 is 0 Å². The van der Waals surface area contributed by atoms with Crippen LogP contribution in [0.3, 0.4) is 0 Å². The highest BCUT2D eigenvalue weighted by Gasteiger charge is 1.84. The van der Waals surface area contributed by atoms with Crippen LogP contribution in [0.1, 0.15) is 12.8 Å². The van der Waals surface area contributed by atoms with Gasteiger partial charge in [-0.05, 0) is 12.8 Å². The van der Waals surface area contributed by atoms with Crippen molar-refractivity contribution in [2.75, 3.05) is 20.0 Å². The maximum absolute atomic E-state index is 9.61. The van der Waals surface area contributed by atoms with Crippen molar-refractivity contribution in [3.05, 3.63) is 0 Å². The highest BCUT2D eigenvalue weighted by Crippen LogP contribution is 1.86. The van der Waals surface area contributed by atoms with Crippen LogP contribution in [-0.4, -0.2) is 25.1 Å². The second-order valence-corrected chi connectivity index (χ2v) is 1.46. The van der Waals surface area contributed by atoms with E-state index < -0.39 is 6.79 Å². The van der Waals surface area contributed by atoms with Crippen molar-refractivity contribution in [1.29, 1.82) is 0 Å². The van der Waals surface area contributed by atoms with E-state index >= 15 is 0 Å². The molecule has 0 aromatic heterocycles. The summed E-state index contributed by atoms with van der Waals surface area (Å²) in [4.78, 5) is 0. The smallest absolute Gasteiger partial charge is 0.180 e. The van der Waals surface area contributed by atoms with Crippen molar-refractivity contribution >= 4 is 0 Å². The van der Waals surface area contributed by atoms with Crippen molar-refractivity contribution in [3.8, 4) is 0 Å². The largest absolute Gasteiger partial charge is 0.396 e. The number of unbranched alkanes of at least 4 members (excludes halogenated alkanes) is 1. The molecule has 0 bridgehead atoms.